The van der Waals surface area contributed by atoms with Crippen LogP contribution in [0.3, 0.4) is 0 Å². The van der Waals surface area contributed by atoms with Crippen LogP contribution in [-0.4, -0.2) is 12.5 Å². The third-order valence-corrected chi connectivity index (χ3v) is 1.92. The number of rotatable bonds is 4. The molecule has 0 saturated heterocycles. The molecule has 0 aliphatic rings. The molecule has 0 saturated carbocycles. The Morgan fingerprint density at radius 1 is 1.60 bits per heavy atom. The van der Waals surface area contributed by atoms with Gasteiger partial charge in [-0.15, -0.1) is 0 Å². The van der Waals surface area contributed by atoms with Gasteiger partial charge in [-0.3, -0.25) is 4.79 Å². The van der Waals surface area contributed by atoms with Crippen LogP contribution in [0, 0.1) is 18.3 Å². The smallest absolute Gasteiger partial charge is 0.220 e. The Balaban J connectivity index is 2.68. The van der Waals surface area contributed by atoms with E-state index in [-0.39, 0.29) is 13.0 Å². The minimum Gasteiger partial charge on any atom is -0.493 e. The summed E-state index contributed by atoms with van der Waals surface area (Å²) < 4.78 is 5.34. The highest BCUT2D eigenvalue weighted by Gasteiger charge is 2.02. The Morgan fingerprint density at radius 2 is 2.33 bits per heavy atom. The highest BCUT2D eigenvalue weighted by atomic mass is 16.5. The highest BCUT2D eigenvalue weighted by molar-refractivity contribution is 5.73. The summed E-state index contributed by atoms with van der Waals surface area (Å²) in [6, 6.07) is 7.19. The number of carbonyl (C=O) groups excluding carboxylic acids is 1. The topological polar surface area (TPSA) is 76.1 Å². The summed E-state index contributed by atoms with van der Waals surface area (Å²) in [5.74, 6) is 0.222. The number of carbonyl (C=O) groups is 1. The Labute approximate surface area is 88.3 Å². The van der Waals surface area contributed by atoms with Crippen LogP contribution >= 0.6 is 0 Å². The number of primary amides is 1. The standard InChI is InChI=1S/C11H12N2O2/c1-8-2-3-9(7-12)6-10(8)15-5-4-11(13)14/h2-3,6H,4-5H2,1H3,(H2,13,14). The van der Waals surface area contributed by atoms with Crippen LogP contribution in [0.1, 0.15) is 17.5 Å². The summed E-state index contributed by atoms with van der Waals surface area (Å²) >= 11 is 0. The summed E-state index contributed by atoms with van der Waals surface area (Å²) in [6.45, 7) is 2.12. The minimum atomic E-state index is -0.399. The van der Waals surface area contributed by atoms with E-state index in [1.165, 1.54) is 0 Å². The van der Waals surface area contributed by atoms with Gasteiger partial charge in [-0.05, 0) is 24.6 Å². The number of hydrogen-bond acceptors (Lipinski definition) is 3. The van der Waals surface area contributed by atoms with Crippen molar-refractivity contribution >= 4 is 5.91 Å². The van der Waals surface area contributed by atoms with E-state index in [9.17, 15) is 4.79 Å². The molecule has 15 heavy (non-hydrogen) atoms. The van der Waals surface area contributed by atoms with E-state index in [1.54, 1.807) is 18.2 Å². The predicted molar refractivity (Wildman–Crippen MR) is 55.2 cm³/mol. The first-order valence-corrected chi connectivity index (χ1v) is 4.55. The van der Waals surface area contributed by atoms with Crippen LogP contribution in [0.4, 0.5) is 0 Å². The largest absolute Gasteiger partial charge is 0.493 e. The third-order valence-electron chi connectivity index (χ3n) is 1.92. The van der Waals surface area contributed by atoms with Crippen LogP contribution < -0.4 is 10.5 Å². The maximum absolute atomic E-state index is 10.5. The van der Waals surface area contributed by atoms with E-state index < -0.39 is 5.91 Å². The second-order valence-electron chi connectivity index (χ2n) is 3.16. The molecule has 1 aromatic rings. The quantitative estimate of drug-likeness (QED) is 0.798. The molecule has 1 amide bonds. The number of amides is 1. The van der Waals surface area contributed by atoms with Gasteiger partial charge in [0.1, 0.15) is 5.75 Å². The Hall–Kier alpha value is -2.02. The van der Waals surface area contributed by atoms with E-state index >= 15 is 0 Å². The number of ether oxygens (including phenoxy) is 1. The van der Waals surface area contributed by atoms with Crippen molar-refractivity contribution in [2.75, 3.05) is 6.61 Å². The SMILES string of the molecule is Cc1ccc(C#N)cc1OCCC(N)=O. The first kappa shape index (κ1) is 11.1. The van der Waals surface area contributed by atoms with E-state index in [1.807, 2.05) is 13.0 Å². The monoisotopic (exact) mass is 204 g/mol. The number of benzene rings is 1. The summed E-state index contributed by atoms with van der Waals surface area (Å²) in [7, 11) is 0. The molecule has 1 rings (SSSR count). The van der Waals surface area contributed by atoms with Gasteiger partial charge in [0.05, 0.1) is 24.7 Å². The molecule has 2 N–H and O–H groups in total. The van der Waals surface area contributed by atoms with Gasteiger partial charge in [0.15, 0.2) is 0 Å². The number of hydrogen-bond donors (Lipinski definition) is 1. The van der Waals surface area contributed by atoms with Gasteiger partial charge in [-0.2, -0.15) is 5.26 Å². The van der Waals surface area contributed by atoms with Crippen molar-refractivity contribution in [2.45, 2.75) is 13.3 Å². The van der Waals surface area contributed by atoms with Gasteiger partial charge in [0.2, 0.25) is 5.91 Å². The fourth-order valence-corrected chi connectivity index (χ4v) is 1.09. The number of nitrogens with two attached hydrogens (primary N) is 1. The van der Waals surface area contributed by atoms with Crippen LogP contribution in [0.2, 0.25) is 0 Å². The molecule has 0 spiro atoms. The second-order valence-corrected chi connectivity index (χ2v) is 3.16. The fourth-order valence-electron chi connectivity index (χ4n) is 1.09. The molecule has 0 aliphatic heterocycles. The second kappa shape index (κ2) is 5.01. The van der Waals surface area contributed by atoms with Crippen molar-refractivity contribution in [2.24, 2.45) is 5.73 Å². The Morgan fingerprint density at radius 3 is 2.93 bits per heavy atom. The lowest BCUT2D eigenvalue weighted by Gasteiger charge is -2.07. The Kier molecular flexibility index (Phi) is 3.69. The number of nitriles is 1. The maximum Gasteiger partial charge on any atom is 0.220 e. The average molecular weight is 204 g/mol. The normalized spacial score (nSPS) is 9.33. The molecule has 4 nitrogen and oxygen atoms in total. The number of nitrogens with zero attached hydrogens (tertiary/aromatic N) is 1. The average Bonchev–Trinajstić information content (AvgIpc) is 2.20. The molecular formula is C11H12N2O2. The van der Waals surface area contributed by atoms with Gasteiger partial charge in [0.25, 0.3) is 0 Å². The van der Waals surface area contributed by atoms with Gasteiger partial charge >= 0.3 is 0 Å². The van der Waals surface area contributed by atoms with E-state index in [2.05, 4.69) is 0 Å². The zero-order valence-corrected chi connectivity index (χ0v) is 8.49. The molecule has 0 radical (unpaired) electrons. The van der Waals surface area contributed by atoms with Crippen LogP contribution in [-0.2, 0) is 4.79 Å². The lowest BCUT2D eigenvalue weighted by Crippen LogP contribution is -2.14. The zero-order chi connectivity index (χ0) is 11.3. The van der Waals surface area contributed by atoms with Crippen molar-refractivity contribution < 1.29 is 9.53 Å². The minimum absolute atomic E-state index is 0.177. The van der Waals surface area contributed by atoms with E-state index in [0.29, 0.717) is 11.3 Å². The zero-order valence-electron chi connectivity index (χ0n) is 8.49. The Bertz CT molecular complexity index is 408. The van der Waals surface area contributed by atoms with Crippen molar-refractivity contribution in [3.05, 3.63) is 29.3 Å². The number of aryl methyl sites for hydroxylation is 1. The third kappa shape index (κ3) is 3.31. The molecular weight excluding hydrogens is 192 g/mol. The molecule has 4 heteroatoms. The van der Waals surface area contributed by atoms with Gasteiger partial charge in [-0.25, -0.2) is 0 Å². The molecule has 0 heterocycles. The van der Waals surface area contributed by atoms with Gasteiger partial charge in [0, 0.05) is 0 Å². The first-order valence-electron chi connectivity index (χ1n) is 4.55. The van der Waals surface area contributed by atoms with Crippen molar-refractivity contribution in [3.8, 4) is 11.8 Å². The maximum atomic E-state index is 10.5. The lowest BCUT2D eigenvalue weighted by atomic mass is 10.1. The molecule has 0 bridgehead atoms. The van der Waals surface area contributed by atoms with Gasteiger partial charge < -0.3 is 10.5 Å². The summed E-state index contributed by atoms with van der Waals surface area (Å²) in [4.78, 5) is 10.5. The predicted octanol–water partition coefficient (Wildman–Crippen LogP) is 1.12. The van der Waals surface area contributed by atoms with Gasteiger partial charge in [-0.1, -0.05) is 6.07 Å². The first-order chi connectivity index (χ1) is 7.13. The van der Waals surface area contributed by atoms with Crippen LogP contribution in [0.25, 0.3) is 0 Å². The summed E-state index contributed by atoms with van der Waals surface area (Å²) in [5, 5.41) is 8.69. The summed E-state index contributed by atoms with van der Waals surface area (Å²) in [5.41, 5.74) is 6.45. The molecule has 0 fully saturated rings. The molecule has 0 unspecified atom stereocenters. The van der Waals surface area contributed by atoms with Crippen LogP contribution in [0.5, 0.6) is 5.75 Å². The van der Waals surface area contributed by atoms with E-state index in [0.717, 1.165) is 5.56 Å². The fraction of sp³-hybridized carbons (Fsp3) is 0.273. The molecule has 0 aromatic heterocycles. The van der Waals surface area contributed by atoms with Crippen molar-refractivity contribution in [3.63, 3.8) is 0 Å². The van der Waals surface area contributed by atoms with E-state index in [4.69, 9.17) is 15.7 Å². The molecule has 78 valence electrons. The molecule has 1 aromatic carbocycles. The molecule has 0 aliphatic carbocycles. The lowest BCUT2D eigenvalue weighted by molar-refractivity contribution is -0.118. The van der Waals surface area contributed by atoms with Crippen LogP contribution in [0.15, 0.2) is 18.2 Å². The van der Waals surface area contributed by atoms with Crippen molar-refractivity contribution in [1.29, 1.82) is 5.26 Å². The highest BCUT2D eigenvalue weighted by Crippen LogP contribution is 2.19. The van der Waals surface area contributed by atoms with Crippen molar-refractivity contribution in [1.82, 2.24) is 0 Å². The molecule has 0 atom stereocenters. The summed E-state index contributed by atoms with van der Waals surface area (Å²) in [6.07, 6.45) is 0.177.